The van der Waals surface area contributed by atoms with Crippen molar-refractivity contribution in [1.82, 2.24) is 25.1 Å². The van der Waals surface area contributed by atoms with Gasteiger partial charge < -0.3 is 20.0 Å². The number of amides is 2. The number of halogens is 2. The smallest absolute Gasteiger partial charge is 0.321 e. The minimum Gasteiger partial charge on any atom is -0.338 e. The Kier molecular flexibility index (Phi) is 7.82. The molecule has 0 radical (unpaired) electrons. The van der Waals surface area contributed by atoms with Gasteiger partial charge in [-0.25, -0.2) is 19.2 Å². The second-order valence-corrected chi connectivity index (χ2v) is 10.0. The molecule has 1 aromatic carbocycles. The van der Waals surface area contributed by atoms with Gasteiger partial charge >= 0.3 is 6.03 Å². The maximum Gasteiger partial charge on any atom is 0.321 e. The molecule has 0 aliphatic carbocycles. The summed E-state index contributed by atoms with van der Waals surface area (Å²) in [5.41, 5.74) is 1.03. The van der Waals surface area contributed by atoms with Crippen molar-refractivity contribution >= 4 is 56.0 Å². The van der Waals surface area contributed by atoms with Crippen LogP contribution in [0.3, 0.4) is 0 Å². The Bertz CT molecular complexity index is 1160. The van der Waals surface area contributed by atoms with Gasteiger partial charge in [-0.15, -0.1) is 0 Å². The van der Waals surface area contributed by atoms with Crippen LogP contribution in [0.25, 0.3) is 10.3 Å². The topological polar surface area (TPSA) is 76.6 Å². The third-order valence-electron chi connectivity index (χ3n) is 5.99. The molecule has 0 spiro atoms. The Morgan fingerprint density at radius 3 is 2.82 bits per heavy atom. The highest BCUT2D eigenvalue weighted by Gasteiger charge is 2.23. The third kappa shape index (κ3) is 5.93. The average Bonchev–Trinajstić information content (AvgIpc) is 3.42. The zero-order chi connectivity index (χ0) is 24.2. The molecule has 3 aromatic rings. The number of hydrogen-bond donors (Lipinski definition) is 2. The molecule has 0 saturated carbocycles. The zero-order valence-corrected chi connectivity index (χ0v) is 21.1. The van der Waals surface area contributed by atoms with E-state index in [9.17, 15) is 9.18 Å². The number of carbonyl (C=O) groups excluding carboxylic acids is 1. The van der Waals surface area contributed by atoms with Crippen molar-refractivity contribution in [3.63, 3.8) is 0 Å². The minimum atomic E-state index is -0.428. The number of urea groups is 1. The lowest BCUT2D eigenvalue weighted by Crippen LogP contribution is -2.34. The molecule has 8 nitrogen and oxygen atoms in total. The monoisotopic (exact) mass is 505 g/mol. The van der Waals surface area contributed by atoms with Crippen LogP contribution in [-0.4, -0.2) is 79.2 Å². The molecule has 2 amide bonds. The molecule has 11 heteroatoms. The molecule has 0 bridgehead atoms. The number of nitrogens with zero attached hydrogens (tertiary/aromatic N) is 5. The fourth-order valence-corrected chi connectivity index (χ4v) is 4.99. The van der Waals surface area contributed by atoms with Crippen LogP contribution in [0.2, 0.25) is 5.02 Å². The largest absolute Gasteiger partial charge is 0.338 e. The Morgan fingerprint density at radius 1 is 1.26 bits per heavy atom. The Hall–Kier alpha value is -2.53. The second kappa shape index (κ2) is 10.8. The first-order valence-electron chi connectivity index (χ1n) is 11.2. The van der Waals surface area contributed by atoms with Gasteiger partial charge in [-0.3, -0.25) is 5.32 Å². The minimum absolute atomic E-state index is 0.285. The number of likely N-dealkylation sites (N-methyl/N-ethyl adjacent to an activating group) is 1. The molecular formula is C23H29ClFN7OS. The van der Waals surface area contributed by atoms with Gasteiger partial charge in [0, 0.05) is 31.2 Å². The van der Waals surface area contributed by atoms with Crippen LogP contribution in [-0.2, 0) is 0 Å². The first-order valence-corrected chi connectivity index (χ1v) is 12.4. The van der Waals surface area contributed by atoms with Crippen LogP contribution in [0, 0.1) is 5.82 Å². The zero-order valence-electron chi connectivity index (χ0n) is 19.5. The molecule has 1 fully saturated rings. The Morgan fingerprint density at radius 2 is 2.09 bits per heavy atom. The van der Waals surface area contributed by atoms with Gasteiger partial charge in [-0.2, -0.15) is 0 Å². The molecule has 2 aromatic heterocycles. The maximum absolute atomic E-state index is 14.3. The van der Waals surface area contributed by atoms with Crippen LogP contribution in [0.4, 0.5) is 25.8 Å². The lowest BCUT2D eigenvalue weighted by atomic mass is 10.2. The lowest BCUT2D eigenvalue weighted by molar-refractivity contribution is 0.249. The Labute approximate surface area is 207 Å². The lowest BCUT2D eigenvalue weighted by Gasteiger charge is -2.20. The van der Waals surface area contributed by atoms with Crippen LogP contribution in [0.5, 0.6) is 0 Å². The fraction of sp³-hybridized carbons (Fsp3) is 0.435. The Balaban J connectivity index is 1.29. The fourth-order valence-electron chi connectivity index (χ4n) is 4.01. The molecule has 4 rings (SSSR count). The summed E-state index contributed by atoms with van der Waals surface area (Å²) < 4.78 is 14.3. The molecule has 1 atom stereocenters. The van der Waals surface area contributed by atoms with Crippen LogP contribution in [0.1, 0.15) is 12.8 Å². The number of aromatic nitrogens is 2. The van der Waals surface area contributed by atoms with Crippen molar-refractivity contribution < 1.29 is 9.18 Å². The number of likely N-dealkylation sites (tertiary alicyclic amines) is 1. The molecule has 3 heterocycles. The molecule has 182 valence electrons. The van der Waals surface area contributed by atoms with Gasteiger partial charge in [-0.1, -0.05) is 22.9 Å². The number of benzene rings is 1. The standard InChI is InChI=1S/C23H29ClFN7OS/c1-30(2)16-9-12-32(14-16)11-4-10-26-22(33)29-23-27-18-6-8-20(28-21(18)34-23)31(3)19-7-5-15(24)13-17(19)25/h5-8,13,16H,4,9-12,14H2,1-3H3,(H2,26,27,29,33)/t16-/m0/s1. The summed E-state index contributed by atoms with van der Waals surface area (Å²) in [6.45, 7) is 3.76. The van der Waals surface area contributed by atoms with E-state index in [4.69, 9.17) is 11.6 Å². The SMILES string of the molecule is CN(c1ccc2nc(NC(=O)NCCCN3CC[C@H](N(C)C)C3)sc2n1)c1ccc(Cl)cc1F. The number of pyridine rings is 1. The molecular weight excluding hydrogens is 477 g/mol. The first kappa shape index (κ1) is 24.6. The average molecular weight is 506 g/mol. The molecule has 2 N–H and O–H groups in total. The quantitative estimate of drug-likeness (QED) is 0.442. The van der Waals surface area contributed by atoms with E-state index < -0.39 is 5.82 Å². The normalized spacial score (nSPS) is 16.4. The second-order valence-electron chi connectivity index (χ2n) is 8.61. The number of carbonyl (C=O) groups is 1. The van der Waals surface area contributed by atoms with Crippen molar-refractivity contribution in [3.05, 3.63) is 41.2 Å². The van der Waals surface area contributed by atoms with E-state index in [1.807, 2.05) is 0 Å². The summed E-state index contributed by atoms with van der Waals surface area (Å²) >= 11 is 7.12. The number of rotatable bonds is 8. The molecule has 1 aliphatic rings. The van der Waals surface area contributed by atoms with Gasteiger partial charge in [0.15, 0.2) is 5.13 Å². The van der Waals surface area contributed by atoms with E-state index in [2.05, 4.69) is 44.5 Å². The number of thiazole rings is 1. The summed E-state index contributed by atoms with van der Waals surface area (Å²) in [5, 5.41) is 6.48. The van der Waals surface area contributed by atoms with Crippen molar-refractivity contribution in [1.29, 1.82) is 0 Å². The van der Waals surface area contributed by atoms with Crippen molar-refractivity contribution in [2.45, 2.75) is 18.9 Å². The predicted octanol–water partition coefficient (Wildman–Crippen LogP) is 4.40. The summed E-state index contributed by atoms with van der Waals surface area (Å²) in [6, 6.07) is 8.41. The van der Waals surface area contributed by atoms with Gasteiger partial charge in [-0.05, 0) is 70.4 Å². The van der Waals surface area contributed by atoms with E-state index >= 15 is 0 Å². The molecule has 34 heavy (non-hydrogen) atoms. The predicted molar refractivity (Wildman–Crippen MR) is 137 cm³/mol. The number of fused-ring (bicyclic) bond motifs is 1. The van der Waals surface area contributed by atoms with Gasteiger partial charge in [0.05, 0.1) is 5.69 Å². The van der Waals surface area contributed by atoms with Gasteiger partial charge in [0.1, 0.15) is 22.0 Å². The van der Waals surface area contributed by atoms with Gasteiger partial charge in [0.2, 0.25) is 0 Å². The third-order valence-corrected chi connectivity index (χ3v) is 7.11. The number of anilines is 3. The van der Waals surface area contributed by atoms with Crippen molar-refractivity contribution in [2.75, 3.05) is 57.5 Å². The highest BCUT2D eigenvalue weighted by atomic mass is 35.5. The van der Waals surface area contributed by atoms with E-state index in [0.717, 1.165) is 26.1 Å². The van der Waals surface area contributed by atoms with E-state index in [1.165, 1.54) is 23.8 Å². The van der Waals surface area contributed by atoms with Gasteiger partial charge in [0.25, 0.3) is 0 Å². The molecule has 1 aliphatic heterocycles. The number of nitrogens with one attached hydrogen (secondary N) is 2. The van der Waals surface area contributed by atoms with Crippen molar-refractivity contribution in [3.8, 4) is 0 Å². The van der Waals surface area contributed by atoms with E-state index in [-0.39, 0.29) is 6.03 Å². The van der Waals surface area contributed by atoms with Crippen LogP contribution < -0.4 is 15.5 Å². The molecule has 0 unspecified atom stereocenters. The van der Waals surface area contributed by atoms with E-state index in [1.54, 1.807) is 36.2 Å². The maximum atomic E-state index is 14.3. The van der Waals surface area contributed by atoms with Crippen molar-refractivity contribution in [2.24, 2.45) is 0 Å². The highest BCUT2D eigenvalue weighted by Crippen LogP contribution is 2.31. The summed E-state index contributed by atoms with van der Waals surface area (Å²) in [7, 11) is 5.98. The first-order chi connectivity index (χ1) is 16.3. The van der Waals surface area contributed by atoms with Crippen LogP contribution >= 0.6 is 22.9 Å². The summed E-state index contributed by atoms with van der Waals surface area (Å²) in [5.74, 6) is 0.134. The number of hydrogen-bond acceptors (Lipinski definition) is 7. The highest BCUT2D eigenvalue weighted by molar-refractivity contribution is 7.22. The molecule has 1 saturated heterocycles. The van der Waals surface area contributed by atoms with Crippen LogP contribution in [0.15, 0.2) is 30.3 Å². The summed E-state index contributed by atoms with van der Waals surface area (Å²) in [6.07, 6.45) is 2.09. The summed E-state index contributed by atoms with van der Waals surface area (Å²) in [4.78, 5) is 28.3. The van der Waals surface area contributed by atoms with E-state index in [0.29, 0.717) is 44.6 Å².